The molecule has 0 saturated heterocycles. The fraction of sp³-hybridized carbons (Fsp3) is 0. The standard InChI is InChI=1S/C57H35N5/c1-3-17-38(18-4-1)55-58-56(40-28-27-36-15-7-8-19-39(36)35-40)60-57(59-55)45-30-32-48(44-24-12-11-23-43(44)45)62-50-31-29-37-16-9-10-22-42(37)52(50)54-51(62)34-33-49-53(54)46-25-13-14-26-47(46)61(49)41-20-5-2-6-21-41/h1-35H. The highest BCUT2D eigenvalue weighted by Gasteiger charge is 2.24. The molecule has 0 spiro atoms. The quantitative estimate of drug-likeness (QED) is 0.174. The molecule has 0 aliphatic carbocycles. The van der Waals surface area contributed by atoms with Crippen LogP contribution in [0.2, 0.25) is 0 Å². The highest BCUT2D eigenvalue weighted by Crippen LogP contribution is 2.46. The number of rotatable bonds is 5. The van der Waals surface area contributed by atoms with E-state index in [1.165, 1.54) is 48.7 Å². The van der Waals surface area contributed by atoms with Crippen LogP contribution in [0.1, 0.15) is 0 Å². The number of hydrogen-bond donors (Lipinski definition) is 0. The molecule has 13 rings (SSSR count). The summed E-state index contributed by atoms with van der Waals surface area (Å²) in [7, 11) is 0. The fourth-order valence-corrected chi connectivity index (χ4v) is 9.79. The van der Waals surface area contributed by atoms with Gasteiger partial charge in [0.1, 0.15) is 0 Å². The molecular formula is C57H35N5. The van der Waals surface area contributed by atoms with Gasteiger partial charge in [-0.1, -0.05) is 158 Å². The van der Waals surface area contributed by atoms with Crippen molar-refractivity contribution in [2.75, 3.05) is 0 Å². The van der Waals surface area contributed by atoms with Crippen molar-refractivity contribution in [3.8, 4) is 45.5 Å². The molecule has 5 nitrogen and oxygen atoms in total. The highest BCUT2D eigenvalue weighted by atomic mass is 15.0. The first kappa shape index (κ1) is 34.5. The van der Waals surface area contributed by atoms with E-state index in [0.29, 0.717) is 17.5 Å². The van der Waals surface area contributed by atoms with Gasteiger partial charge < -0.3 is 9.13 Å². The molecule has 0 unspecified atom stereocenters. The molecule has 3 heterocycles. The average molecular weight is 790 g/mol. The van der Waals surface area contributed by atoms with Crippen LogP contribution in [0.5, 0.6) is 0 Å². The largest absolute Gasteiger partial charge is 0.309 e. The number of aromatic nitrogens is 5. The third-order valence-electron chi connectivity index (χ3n) is 12.5. The van der Waals surface area contributed by atoms with E-state index < -0.39 is 0 Å². The van der Waals surface area contributed by atoms with Gasteiger partial charge in [-0.05, 0) is 81.5 Å². The lowest BCUT2D eigenvalue weighted by Gasteiger charge is -2.15. The van der Waals surface area contributed by atoms with E-state index in [9.17, 15) is 0 Å². The van der Waals surface area contributed by atoms with Crippen molar-refractivity contribution in [1.82, 2.24) is 24.1 Å². The van der Waals surface area contributed by atoms with E-state index in [-0.39, 0.29) is 0 Å². The molecule has 0 bridgehead atoms. The Morgan fingerprint density at radius 3 is 1.65 bits per heavy atom. The molecule has 0 saturated carbocycles. The highest BCUT2D eigenvalue weighted by molar-refractivity contribution is 6.33. The topological polar surface area (TPSA) is 48.5 Å². The first-order valence-electron chi connectivity index (χ1n) is 21.0. The van der Waals surface area contributed by atoms with E-state index in [1.807, 2.05) is 18.2 Å². The van der Waals surface area contributed by atoms with Crippen LogP contribution < -0.4 is 0 Å². The molecule has 0 aliphatic rings. The van der Waals surface area contributed by atoms with Crippen molar-refractivity contribution in [1.29, 1.82) is 0 Å². The lowest BCUT2D eigenvalue weighted by molar-refractivity contribution is 1.08. The Bertz CT molecular complexity index is 3920. The predicted molar refractivity (Wildman–Crippen MR) is 257 cm³/mol. The Hall–Kier alpha value is -8.41. The van der Waals surface area contributed by atoms with Gasteiger partial charge in [0.25, 0.3) is 0 Å². The van der Waals surface area contributed by atoms with Crippen molar-refractivity contribution in [3.63, 3.8) is 0 Å². The van der Waals surface area contributed by atoms with Crippen LogP contribution in [0.25, 0.3) is 121 Å². The number of benzene rings is 10. The van der Waals surface area contributed by atoms with Gasteiger partial charge in [-0.2, -0.15) is 0 Å². The minimum absolute atomic E-state index is 0.633. The smallest absolute Gasteiger partial charge is 0.164 e. The summed E-state index contributed by atoms with van der Waals surface area (Å²) < 4.78 is 4.88. The molecule has 5 heteroatoms. The summed E-state index contributed by atoms with van der Waals surface area (Å²) in [4.78, 5) is 15.5. The SMILES string of the molecule is c1ccc(-c2nc(-c3ccc4ccccc4c3)nc(-c3ccc(-n4c5ccc6ccccc6c5c5c6c7ccccc7n(-c7ccccc7)c6ccc54)c4ccccc34)n2)cc1. The van der Waals surface area contributed by atoms with Gasteiger partial charge in [0, 0.05) is 49.3 Å². The molecule has 0 radical (unpaired) electrons. The first-order chi connectivity index (χ1) is 30.8. The van der Waals surface area contributed by atoms with Crippen molar-refractivity contribution in [2.45, 2.75) is 0 Å². The van der Waals surface area contributed by atoms with Crippen LogP contribution in [0.3, 0.4) is 0 Å². The monoisotopic (exact) mass is 789 g/mol. The van der Waals surface area contributed by atoms with Gasteiger partial charge >= 0.3 is 0 Å². The Balaban J connectivity index is 1.10. The third-order valence-corrected chi connectivity index (χ3v) is 12.5. The van der Waals surface area contributed by atoms with Crippen molar-refractivity contribution < 1.29 is 0 Å². The molecule has 3 aromatic heterocycles. The molecule has 0 atom stereocenters. The van der Waals surface area contributed by atoms with Crippen LogP contribution in [0.15, 0.2) is 212 Å². The summed E-state index contributed by atoms with van der Waals surface area (Å²) in [6.07, 6.45) is 0. The Labute approximate surface area is 356 Å². The van der Waals surface area contributed by atoms with E-state index >= 15 is 0 Å². The summed E-state index contributed by atoms with van der Waals surface area (Å²) >= 11 is 0. The molecule has 0 fully saturated rings. The lowest BCUT2D eigenvalue weighted by Crippen LogP contribution is -2.02. The third kappa shape index (κ3) is 5.18. The first-order valence-corrected chi connectivity index (χ1v) is 21.0. The second-order valence-corrected chi connectivity index (χ2v) is 16.0. The van der Waals surface area contributed by atoms with Gasteiger partial charge in [-0.3, -0.25) is 0 Å². The van der Waals surface area contributed by atoms with Gasteiger partial charge in [-0.25, -0.2) is 15.0 Å². The Morgan fingerprint density at radius 2 is 0.839 bits per heavy atom. The van der Waals surface area contributed by atoms with E-state index in [2.05, 4.69) is 203 Å². The van der Waals surface area contributed by atoms with Gasteiger partial charge in [0.15, 0.2) is 17.5 Å². The summed E-state index contributed by atoms with van der Waals surface area (Å²) in [5.41, 5.74) is 9.76. The molecule has 0 N–H and O–H groups in total. The molecular weight excluding hydrogens is 755 g/mol. The van der Waals surface area contributed by atoms with Crippen molar-refractivity contribution in [3.05, 3.63) is 212 Å². The van der Waals surface area contributed by atoms with Crippen LogP contribution in [0.4, 0.5) is 0 Å². The van der Waals surface area contributed by atoms with E-state index in [1.54, 1.807) is 0 Å². The zero-order chi connectivity index (χ0) is 40.7. The van der Waals surface area contributed by atoms with Crippen LogP contribution in [-0.2, 0) is 0 Å². The number of para-hydroxylation sites is 2. The second-order valence-electron chi connectivity index (χ2n) is 16.0. The van der Waals surface area contributed by atoms with Crippen molar-refractivity contribution in [2.24, 2.45) is 0 Å². The number of hydrogen-bond acceptors (Lipinski definition) is 3. The van der Waals surface area contributed by atoms with Gasteiger partial charge in [-0.15, -0.1) is 0 Å². The van der Waals surface area contributed by atoms with Crippen LogP contribution in [-0.4, -0.2) is 24.1 Å². The molecule has 0 amide bonds. The second kappa shape index (κ2) is 13.6. The molecule has 10 aromatic carbocycles. The Kier molecular flexibility index (Phi) is 7.54. The molecule has 62 heavy (non-hydrogen) atoms. The number of fused-ring (bicyclic) bond motifs is 11. The van der Waals surface area contributed by atoms with Crippen LogP contribution >= 0.6 is 0 Å². The minimum atomic E-state index is 0.633. The summed E-state index contributed by atoms with van der Waals surface area (Å²) in [5.74, 6) is 1.91. The summed E-state index contributed by atoms with van der Waals surface area (Å²) in [6.45, 7) is 0. The molecule has 0 aliphatic heterocycles. The minimum Gasteiger partial charge on any atom is -0.309 e. The molecule has 13 aromatic rings. The lowest BCUT2D eigenvalue weighted by atomic mass is 10.0. The van der Waals surface area contributed by atoms with E-state index in [0.717, 1.165) is 55.3 Å². The fourth-order valence-electron chi connectivity index (χ4n) is 9.79. The maximum absolute atomic E-state index is 5.24. The normalized spacial score (nSPS) is 11.9. The number of nitrogens with zero attached hydrogens (tertiary/aromatic N) is 5. The Morgan fingerprint density at radius 1 is 0.290 bits per heavy atom. The molecule has 288 valence electrons. The van der Waals surface area contributed by atoms with Crippen molar-refractivity contribution >= 4 is 75.9 Å². The zero-order valence-corrected chi connectivity index (χ0v) is 33.4. The predicted octanol–water partition coefficient (Wildman–Crippen LogP) is 14.5. The average Bonchev–Trinajstić information content (AvgIpc) is 3.87. The van der Waals surface area contributed by atoms with Gasteiger partial charge in [0.2, 0.25) is 0 Å². The summed E-state index contributed by atoms with van der Waals surface area (Å²) in [5, 5.41) is 11.9. The van der Waals surface area contributed by atoms with Crippen LogP contribution in [0, 0.1) is 0 Å². The zero-order valence-electron chi connectivity index (χ0n) is 33.4. The van der Waals surface area contributed by atoms with E-state index in [4.69, 9.17) is 15.0 Å². The maximum Gasteiger partial charge on any atom is 0.164 e. The van der Waals surface area contributed by atoms with Gasteiger partial charge in [0.05, 0.1) is 27.8 Å². The maximum atomic E-state index is 5.24. The summed E-state index contributed by atoms with van der Waals surface area (Å²) in [6, 6.07) is 75.7.